The Bertz CT molecular complexity index is 976. The molecule has 0 saturated heterocycles. The van der Waals surface area contributed by atoms with Gasteiger partial charge in [0.25, 0.3) is 0 Å². The predicted molar refractivity (Wildman–Crippen MR) is 109 cm³/mol. The third-order valence-corrected chi connectivity index (χ3v) is 5.58. The number of aromatic carboxylic acids is 1. The normalized spacial score (nSPS) is 12.0. The molecule has 0 spiro atoms. The Kier molecular flexibility index (Phi) is 5.84. The molecule has 6 heteroatoms. The molecule has 1 heterocycles. The van der Waals surface area contributed by atoms with Crippen LogP contribution in [0.2, 0.25) is 0 Å². The number of halogens is 3. The van der Waals surface area contributed by atoms with Gasteiger partial charge < -0.3 is 5.11 Å². The molecular weight excluding hydrogens is 463 g/mol. The first-order valence-corrected chi connectivity index (χ1v) is 9.80. The highest BCUT2D eigenvalue weighted by atomic mass is 127. The molecule has 2 aromatic carbocycles. The van der Waals surface area contributed by atoms with Gasteiger partial charge in [-0.15, -0.1) is 0 Å². The minimum Gasteiger partial charge on any atom is -0.478 e. The molecule has 0 radical (unpaired) electrons. The summed E-state index contributed by atoms with van der Waals surface area (Å²) >= 11 is 2.15. The number of carboxylic acid groups (broad SMARTS) is 1. The number of carboxylic acids is 1. The minimum atomic E-state index is -1.26. The number of aromatic nitrogens is 1. The van der Waals surface area contributed by atoms with Crippen molar-refractivity contribution >= 4 is 28.6 Å². The fourth-order valence-electron chi connectivity index (χ4n) is 2.90. The van der Waals surface area contributed by atoms with Crippen molar-refractivity contribution in [3.05, 3.63) is 77.5 Å². The second-order valence-electron chi connectivity index (χ2n) is 6.14. The summed E-state index contributed by atoms with van der Waals surface area (Å²) in [5.74, 6) is -2.66. The second kappa shape index (κ2) is 8.12. The minimum absolute atomic E-state index is 0.0666. The van der Waals surface area contributed by atoms with Gasteiger partial charge in [-0.3, -0.25) is 0 Å². The number of nitrogens with zero attached hydrogens (tertiary/aromatic N) is 1. The molecule has 0 amide bonds. The van der Waals surface area contributed by atoms with Crippen LogP contribution in [0, 0.1) is 11.6 Å². The first-order valence-electron chi connectivity index (χ1n) is 8.28. The zero-order valence-corrected chi connectivity index (χ0v) is 16.6. The molecule has 0 aliphatic heterocycles. The fraction of sp³-hybridized carbons (Fsp3) is 0.143. The lowest BCUT2D eigenvalue weighted by Gasteiger charge is -2.18. The molecule has 0 aliphatic carbocycles. The summed E-state index contributed by atoms with van der Waals surface area (Å²) in [6.07, 6.45) is 0. The number of rotatable bonds is 5. The van der Waals surface area contributed by atoms with Crippen molar-refractivity contribution in [1.82, 2.24) is 4.98 Å². The van der Waals surface area contributed by atoms with E-state index in [4.69, 9.17) is 0 Å². The topological polar surface area (TPSA) is 50.2 Å². The maximum absolute atomic E-state index is 15.5. The standard InChI is InChI=1S/C21H16F2INO2/c1-12(11-24)19-17(21(26)27)16(13-7-9-15(22)10-8-13)18(23)20(25-19)14-5-3-2-4-6-14/h2-10,12H,11H2,1H3,(H,26,27). The second-order valence-corrected chi connectivity index (χ2v) is 7.02. The summed E-state index contributed by atoms with van der Waals surface area (Å²) < 4.78 is 29.5. The van der Waals surface area contributed by atoms with E-state index in [0.29, 0.717) is 21.2 Å². The van der Waals surface area contributed by atoms with Crippen molar-refractivity contribution < 1.29 is 18.7 Å². The van der Waals surface area contributed by atoms with Crippen molar-refractivity contribution in [2.45, 2.75) is 12.8 Å². The van der Waals surface area contributed by atoms with E-state index in [9.17, 15) is 14.3 Å². The van der Waals surface area contributed by atoms with Crippen LogP contribution < -0.4 is 0 Å². The Hall–Kier alpha value is -2.35. The van der Waals surface area contributed by atoms with Crippen molar-refractivity contribution in [2.75, 3.05) is 4.43 Å². The summed E-state index contributed by atoms with van der Waals surface area (Å²) in [5.41, 5.74) is 1.01. The van der Waals surface area contributed by atoms with E-state index in [1.165, 1.54) is 24.3 Å². The molecule has 0 fully saturated rings. The molecule has 0 saturated carbocycles. The van der Waals surface area contributed by atoms with Gasteiger partial charge in [-0.05, 0) is 17.7 Å². The zero-order valence-electron chi connectivity index (χ0n) is 14.4. The van der Waals surface area contributed by atoms with Crippen molar-refractivity contribution in [3.8, 4) is 22.4 Å². The van der Waals surface area contributed by atoms with Gasteiger partial charge in [0, 0.05) is 21.5 Å². The van der Waals surface area contributed by atoms with Crippen molar-refractivity contribution in [1.29, 1.82) is 0 Å². The Morgan fingerprint density at radius 2 is 1.70 bits per heavy atom. The van der Waals surface area contributed by atoms with Gasteiger partial charge in [-0.2, -0.15) is 0 Å². The number of pyridine rings is 1. The van der Waals surface area contributed by atoms with Crippen LogP contribution in [0.5, 0.6) is 0 Å². The van der Waals surface area contributed by atoms with Crippen LogP contribution in [0.3, 0.4) is 0 Å². The first kappa shape index (κ1) is 19.4. The highest BCUT2D eigenvalue weighted by Crippen LogP contribution is 2.37. The van der Waals surface area contributed by atoms with E-state index in [1.54, 1.807) is 24.3 Å². The smallest absolute Gasteiger partial charge is 0.338 e. The SMILES string of the molecule is CC(CI)c1nc(-c2ccccc2)c(F)c(-c2ccc(F)cc2)c1C(=O)O. The molecule has 138 valence electrons. The highest BCUT2D eigenvalue weighted by Gasteiger charge is 2.28. The third kappa shape index (κ3) is 3.85. The van der Waals surface area contributed by atoms with E-state index in [2.05, 4.69) is 27.6 Å². The van der Waals surface area contributed by atoms with Gasteiger partial charge in [0.15, 0.2) is 5.82 Å². The summed E-state index contributed by atoms with van der Waals surface area (Å²) in [5, 5.41) is 9.81. The Balaban J connectivity index is 2.41. The summed E-state index contributed by atoms with van der Waals surface area (Å²) in [4.78, 5) is 16.4. The number of hydrogen-bond donors (Lipinski definition) is 1. The molecule has 1 aromatic heterocycles. The van der Waals surface area contributed by atoms with Gasteiger partial charge in [0.1, 0.15) is 11.5 Å². The molecule has 0 aliphatic rings. The Morgan fingerprint density at radius 1 is 1.07 bits per heavy atom. The first-order chi connectivity index (χ1) is 12.9. The molecule has 3 aromatic rings. The molecule has 27 heavy (non-hydrogen) atoms. The van der Waals surface area contributed by atoms with Crippen LogP contribution in [0.15, 0.2) is 54.6 Å². The van der Waals surface area contributed by atoms with E-state index < -0.39 is 17.6 Å². The summed E-state index contributed by atoms with van der Waals surface area (Å²) in [6, 6.07) is 13.9. The number of benzene rings is 2. The van der Waals surface area contributed by atoms with E-state index in [0.717, 1.165) is 0 Å². The van der Waals surface area contributed by atoms with Crippen LogP contribution in [0.25, 0.3) is 22.4 Å². The monoisotopic (exact) mass is 479 g/mol. The molecule has 1 unspecified atom stereocenters. The van der Waals surface area contributed by atoms with E-state index in [1.807, 2.05) is 13.0 Å². The molecule has 0 bridgehead atoms. The average Bonchev–Trinajstić information content (AvgIpc) is 2.68. The molecule has 1 N–H and O–H groups in total. The maximum atomic E-state index is 15.5. The van der Waals surface area contributed by atoms with Crippen LogP contribution >= 0.6 is 22.6 Å². The fourth-order valence-corrected chi connectivity index (χ4v) is 3.32. The highest BCUT2D eigenvalue weighted by molar-refractivity contribution is 14.1. The van der Waals surface area contributed by atoms with E-state index >= 15 is 4.39 Å². The zero-order chi connectivity index (χ0) is 19.6. The van der Waals surface area contributed by atoms with Gasteiger partial charge in [-0.25, -0.2) is 18.6 Å². The average molecular weight is 479 g/mol. The molecule has 3 nitrogen and oxygen atoms in total. The Morgan fingerprint density at radius 3 is 2.26 bits per heavy atom. The van der Waals surface area contributed by atoms with Crippen molar-refractivity contribution in [2.24, 2.45) is 0 Å². The summed E-state index contributed by atoms with van der Waals surface area (Å²) in [7, 11) is 0. The lowest BCUT2D eigenvalue weighted by atomic mass is 9.92. The van der Waals surface area contributed by atoms with Crippen LogP contribution in [-0.4, -0.2) is 20.5 Å². The quantitative estimate of drug-likeness (QED) is 0.365. The van der Waals surface area contributed by atoms with E-state index in [-0.39, 0.29) is 22.7 Å². The predicted octanol–water partition coefficient (Wildman–Crippen LogP) is 5.93. The number of carbonyl (C=O) groups is 1. The van der Waals surface area contributed by atoms with Crippen LogP contribution in [0.4, 0.5) is 8.78 Å². The third-order valence-electron chi connectivity index (χ3n) is 4.26. The maximum Gasteiger partial charge on any atom is 0.338 e. The summed E-state index contributed by atoms with van der Waals surface area (Å²) in [6.45, 7) is 1.85. The lowest BCUT2D eigenvalue weighted by molar-refractivity contribution is 0.0695. The molecule has 1 atom stereocenters. The number of alkyl halides is 1. The molecule has 3 rings (SSSR count). The van der Waals surface area contributed by atoms with Gasteiger partial charge in [-0.1, -0.05) is 72.0 Å². The van der Waals surface area contributed by atoms with Gasteiger partial charge in [0.2, 0.25) is 0 Å². The largest absolute Gasteiger partial charge is 0.478 e. The number of hydrogen-bond acceptors (Lipinski definition) is 2. The van der Waals surface area contributed by atoms with Gasteiger partial charge >= 0.3 is 5.97 Å². The van der Waals surface area contributed by atoms with Gasteiger partial charge in [0.05, 0.1) is 11.3 Å². The van der Waals surface area contributed by atoms with Crippen molar-refractivity contribution in [3.63, 3.8) is 0 Å². The lowest BCUT2D eigenvalue weighted by Crippen LogP contribution is -2.14. The molecular formula is C21H16F2INO2. The van der Waals surface area contributed by atoms with Crippen LogP contribution in [0.1, 0.15) is 28.9 Å². The Labute approximate surface area is 169 Å². The van der Waals surface area contributed by atoms with Crippen LogP contribution in [-0.2, 0) is 0 Å².